The van der Waals surface area contributed by atoms with E-state index in [0.717, 1.165) is 22.9 Å². The summed E-state index contributed by atoms with van der Waals surface area (Å²) in [5.41, 5.74) is -0.422. The highest BCUT2D eigenvalue weighted by Crippen LogP contribution is 2.30. The number of benzene rings is 1. The molecule has 0 bridgehead atoms. The summed E-state index contributed by atoms with van der Waals surface area (Å²) in [4.78, 5) is 3.08. The molecule has 3 aromatic rings. The van der Waals surface area contributed by atoms with Crippen LogP contribution in [0.2, 0.25) is 0 Å². The minimum absolute atomic E-state index is 0.107. The van der Waals surface area contributed by atoms with Gasteiger partial charge in [0.2, 0.25) is 0 Å². The summed E-state index contributed by atoms with van der Waals surface area (Å²) in [5.74, 6) is -2.67. The Hall–Kier alpha value is -2.27. The number of sulfone groups is 1. The van der Waals surface area contributed by atoms with Crippen LogP contribution in [0.5, 0.6) is 0 Å². The van der Waals surface area contributed by atoms with Crippen LogP contribution in [-0.4, -0.2) is 29.4 Å². The van der Waals surface area contributed by atoms with Crippen LogP contribution in [0.4, 0.5) is 17.6 Å². The molecule has 2 heterocycles. The van der Waals surface area contributed by atoms with Gasteiger partial charge < -0.3 is 0 Å². The normalized spacial score (nSPS) is 12.1. The maximum atomic E-state index is 14.2. The maximum Gasteiger partial charge on any atom is 0.282 e. The molecule has 0 aliphatic rings. The third kappa shape index (κ3) is 3.36. The lowest BCUT2D eigenvalue weighted by atomic mass is 10.2. The molecule has 5 nitrogen and oxygen atoms in total. The fourth-order valence-electron chi connectivity index (χ4n) is 2.39. The minimum Gasteiger partial charge on any atom is -0.240 e. The zero-order valence-electron chi connectivity index (χ0n) is 13.4. The van der Waals surface area contributed by atoms with Gasteiger partial charge in [-0.25, -0.2) is 35.6 Å². The van der Waals surface area contributed by atoms with Gasteiger partial charge in [-0.2, -0.15) is 5.10 Å². The van der Waals surface area contributed by atoms with Crippen molar-refractivity contribution in [2.75, 3.05) is 6.26 Å². The molecule has 0 spiro atoms. The van der Waals surface area contributed by atoms with E-state index in [0.29, 0.717) is 17.0 Å². The molecule has 0 aliphatic carbocycles. The van der Waals surface area contributed by atoms with Crippen molar-refractivity contribution in [3.05, 3.63) is 45.9 Å². The molecule has 0 saturated heterocycles. The molecule has 0 radical (unpaired) electrons. The fourth-order valence-corrected chi connectivity index (χ4v) is 3.82. The van der Waals surface area contributed by atoms with Crippen LogP contribution >= 0.6 is 11.3 Å². The largest absolute Gasteiger partial charge is 0.282 e. The second-order valence-corrected chi connectivity index (χ2v) is 8.44. The highest BCUT2D eigenvalue weighted by molar-refractivity contribution is 7.90. The van der Waals surface area contributed by atoms with E-state index in [4.69, 9.17) is 0 Å². The van der Waals surface area contributed by atoms with E-state index in [-0.39, 0.29) is 11.4 Å². The van der Waals surface area contributed by atoms with Crippen molar-refractivity contribution >= 4 is 21.2 Å². The lowest BCUT2D eigenvalue weighted by Gasteiger charge is -2.09. The summed E-state index contributed by atoms with van der Waals surface area (Å²) in [6.07, 6.45) is -2.24. The Morgan fingerprint density at radius 3 is 2.23 bits per heavy atom. The van der Waals surface area contributed by atoms with Crippen LogP contribution in [0, 0.1) is 18.6 Å². The first-order chi connectivity index (χ1) is 12.1. The van der Waals surface area contributed by atoms with E-state index in [9.17, 15) is 26.0 Å². The molecule has 138 valence electrons. The van der Waals surface area contributed by atoms with Crippen molar-refractivity contribution in [2.45, 2.75) is 18.2 Å². The molecular formula is C15H11F4N3O2S2. The molecule has 0 atom stereocenters. The Balaban J connectivity index is 2.24. The SMILES string of the molecule is Cc1nc(-c2cc(C(F)F)nn2-c2cc(F)c(S(C)(=O)=O)c(F)c2)cs1. The number of halogens is 4. The summed E-state index contributed by atoms with van der Waals surface area (Å²) in [7, 11) is -4.14. The number of alkyl halides is 2. The average Bonchev–Trinajstić information content (AvgIpc) is 3.10. The first-order valence-corrected chi connectivity index (χ1v) is 9.85. The molecule has 0 aliphatic heterocycles. The lowest BCUT2D eigenvalue weighted by molar-refractivity contribution is 0.145. The lowest BCUT2D eigenvalue weighted by Crippen LogP contribution is -2.08. The third-order valence-corrected chi connectivity index (χ3v) is 5.34. The summed E-state index contributed by atoms with van der Waals surface area (Å²) in [6, 6.07) is 2.52. The van der Waals surface area contributed by atoms with Crippen molar-refractivity contribution in [3.8, 4) is 17.1 Å². The van der Waals surface area contributed by atoms with E-state index in [1.165, 1.54) is 11.3 Å². The van der Waals surface area contributed by atoms with Crippen LogP contribution < -0.4 is 0 Å². The quantitative estimate of drug-likeness (QED) is 0.617. The molecule has 0 N–H and O–H groups in total. The van der Waals surface area contributed by atoms with E-state index in [1.807, 2.05) is 0 Å². The van der Waals surface area contributed by atoms with Crippen LogP contribution in [0.25, 0.3) is 17.1 Å². The van der Waals surface area contributed by atoms with Gasteiger partial charge in [0.25, 0.3) is 6.43 Å². The Kier molecular flexibility index (Phi) is 4.61. The Bertz CT molecular complexity index is 1070. The zero-order chi connectivity index (χ0) is 19.2. The number of nitrogens with zero attached hydrogens (tertiary/aromatic N) is 3. The second kappa shape index (κ2) is 6.47. The molecule has 1 aromatic carbocycles. The number of hydrogen-bond acceptors (Lipinski definition) is 5. The number of aryl methyl sites for hydroxylation is 1. The van der Waals surface area contributed by atoms with E-state index in [2.05, 4.69) is 10.1 Å². The van der Waals surface area contributed by atoms with E-state index < -0.39 is 38.5 Å². The summed E-state index contributed by atoms with van der Waals surface area (Å²) < 4.78 is 78.4. The summed E-state index contributed by atoms with van der Waals surface area (Å²) >= 11 is 1.27. The fraction of sp³-hybridized carbons (Fsp3) is 0.200. The molecule has 0 fully saturated rings. The monoisotopic (exact) mass is 405 g/mol. The van der Waals surface area contributed by atoms with Gasteiger partial charge in [-0.3, -0.25) is 0 Å². The van der Waals surface area contributed by atoms with Crippen molar-refractivity contribution in [3.63, 3.8) is 0 Å². The van der Waals surface area contributed by atoms with Gasteiger partial charge >= 0.3 is 0 Å². The number of rotatable bonds is 4. The Morgan fingerprint density at radius 2 is 1.77 bits per heavy atom. The highest BCUT2D eigenvalue weighted by Gasteiger charge is 2.24. The Labute approximate surface area is 149 Å². The van der Waals surface area contributed by atoms with Gasteiger partial charge in [0, 0.05) is 23.8 Å². The van der Waals surface area contributed by atoms with Gasteiger partial charge in [0.15, 0.2) is 9.84 Å². The smallest absolute Gasteiger partial charge is 0.240 e. The molecule has 0 amide bonds. The van der Waals surface area contributed by atoms with Gasteiger partial charge in [-0.05, 0) is 13.0 Å². The average molecular weight is 405 g/mol. The molecular weight excluding hydrogens is 394 g/mol. The predicted molar refractivity (Wildman–Crippen MR) is 87.4 cm³/mol. The third-order valence-electron chi connectivity index (χ3n) is 3.43. The topological polar surface area (TPSA) is 64.8 Å². The van der Waals surface area contributed by atoms with Crippen LogP contribution in [-0.2, 0) is 9.84 Å². The molecule has 2 aromatic heterocycles. The van der Waals surface area contributed by atoms with Crippen LogP contribution in [0.1, 0.15) is 17.1 Å². The molecule has 0 unspecified atom stereocenters. The molecule has 0 saturated carbocycles. The van der Waals surface area contributed by atoms with E-state index >= 15 is 0 Å². The predicted octanol–water partition coefficient (Wildman–Crippen LogP) is 3.92. The second-order valence-electron chi connectivity index (χ2n) is 5.43. The van der Waals surface area contributed by atoms with Gasteiger partial charge in [0.1, 0.15) is 22.2 Å². The Morgan fingerprint density at radius 1 is 1.15 bits per heavy atom. The van der Waals surface area contributed by atoms with E-state index in [1.54, 1.807) is 12.3 Å². The van der Waals surface area contributed by atoms with Crippen molar-refractivity contribution in [1.82, 2.24) is 14.8 Å². The first-order valence-electron chi connectivity index (χ1n) is 7.08. The van der Waals surface area contributed by atoms with Crippen LogP contribution in [0.3, 0.4) is 0 Å². The summed E-state index contributed by atoms with van der Waals surface area (Å²) in [6.45, 7) is 1.71. The van der Waals surface area contributed by atoms with Crippen molar-refractivity contribution < 1.29 is 26.0 Å². The molecule has 3 rings (SSSR count). The van der Waals surface area contributed by atoms with Gasteiger partial charge in [-0.15, -0.1) is 11.3 Å². The maximum absolute atomic E-state index is 14.2. The molecule has 26 heavy (non-hydrogen) atoms. The zero-order valence-corrected chi connectivity index (χ0v) is 15.0. The minimum atomic E-state index is -4.14. The first kappa shape index (κ1) is 18.5. The summed E-state index contributed by atoms with van der Waals surface area (Å²) in [5, 5.41) is 5.94. The number of thiazole rings is 1. The van der Waals surface area contributed by atoms with Crippen molar-refractivity contribution in [2.24, 2.45) is 0 Å². The van der Waals surface area contributed by atoms with Gasteiger partial charge in [-0.1, -0.05) is 0 Å². The van der Waals surface area contributed by atoms with Gasteiger partial charge in [0.05, 0.1) is 22.1 Å². The highest BCUT2D eigenvalue weighted by atomic mass is 32.2. The molecule has 11 heteroatoms. The van der Waals surface area contributed by atoms with Crippen molar-refractivity contribution in [1.29, 1.82) is 0 Å². The van der Waals surface area contributed by atoms with Crippen LogP contribution in [0.15, 0.2) is 28.5 Å². The standard InChI is InChI=1S/C15H11F4N3O2S2/c1-7-20-12(6-25-7)13-5-11(15(18)19)21-22(13)8-3-9(16)14(10(17)4-8)26(2,23)24/h3-6,15H,1-2H3. The number of hydrogen-bond donors (Lipinski definition) is 0. The number of aromatic nitrogens is 3.